The van der Waals surface area contributed by atoms with E-state index in [4.69, 9.17) is 9.88 Å². The SMILES string of the molecule is CCOc1cccnc1S(N)(=O)=O. The number of rotatable bonds is 3. The molecule has 0 radical (unpaired) electrons. The average molecular weight is 202 g/mol. The van der Waals surface area contributed by atoms with E-state index < -0.39 is 10.0 Å². The van der Waals surface area contributed by atoms with Gasteiger partial charge in [0.2, 0.25) is 5.03 Å². The minimum absolute atomic E-state index is 0.188. The zero-order chi connectivity index (χ0) is 9.90. The molecule has 0 aliphatic rings. The molecule has 1 rings (SSSR count). The molecule has 1 aromatic heterocycles. The lowest BCUT2D eigenvalue weighted by Gasteiger charge is -2.05. The van der Waals surface area contributed by atoms with E-state index in [1.807, 2.05) is 0 Å². The molecule has 0 saturated heterocycles. The van der Waals surface area contributed by atoms with Crippen LogP contribution in [0.3, 0.4) is 0 Å². The number of aromatic nitrogens is 1. The van der Waals surface area contributed by atoms with Crippen LogP contribution in [0.5, 0.6) is 5.75 Å². The standard InChI is InChI=1S/C7H10N2O3S/c1-2-12-6-4-3-5-9-7(6)13(8,10)11/h3-5H,2H2,1H3,(H2,8,10,11). The van der Waals surface area contributed by atoms with Crippen LogP contribution in [0.4, 0.5) is 0 Å². The first kappa shape index (κ1) is 9.94. The number of hydrogen-bond acceptors (Lipinski definition) is 4. The van der Waals surface area contributed by atoms with Gasteiger partial charge in [-0.1, -0.05) is 0 Å². The smallest absolute Gasteiger partial charge is 0.259 e. The van der Waals surface area contributed by atoms with Crippen LogP contribution >= 0.6 is 0 Å². The molecule has 72 valence electrons. The third-order valence-corrected chi connectivity index (χ3v) is 2.15. The number of sulfonamides is 1. The van der Waals surface area contributed by atoms with Crippen molar-refractivity contribution in [3.63, 3.8) is 0 Å². The molecule has 0 unspecified atom stereocenters. The lowest BCUT2D eigenvalue weighted by atomic mass is 10.5. The summed E-state index contributed by atoms with van der Waals surface area (Å²) in [6.45, 7) is 2.12. The van der Waals surface area contributed by atoms with Crippen molar-refractivity contribution < 1.29 is 13.2 Å². The third kappa shape index (κ3) is 2.40. The average Bonchev–Trinajstić information content (AvgIpc) is 2.04. The van der Waals surface area contributed by atoms with Crippen molar-refractivity contribution in [3.05, 3.63) is 18.3 Å². The Morgan fingerprint density at radius 2 is 2.31 bits per heavy atom. The van der Waals surface area contributed by atoms with Crippen LogP contribution in [0.2, 0.25) is 0 Å². The molecule has 0 bridgehead atoms. The van der Waals surface area contributed by atoms with Crippen LogP contribution in [0, 0.1) is 0 Å². The molecule has 0 amide bonds. The van der Waals surface area contributed by atoms with Crippen LogP contribution in [-0.4, -0.2) is 20.0 Å². The summed E-state index contributed by atoms with van der Waals surface area (Å²) in [5, 5.41) is 4.69. The second-order valence-electron chi connectivity index (χ2n) is 2.28. The minimum Gasteiger partial charge on any atom is -0.491 e. The molecule has 0 saturated carbocycles. The van der Waals surface area contributed by atoms with Crippen molar-refractivity contribution in [2.45, 2.75) is 11.9 Å². The molecule has 0 spiro atoms. The number of pyridine rings is 1. The van der Waals surface area contributed by atoms with E-state index in [-0.39, 0.29) is 10.8 Å². The summed E-state index contributed by atoms with van der Waals surface area (Å²) in [6, 6.07) is 3.09. The third-order valence-electron chi connectivity index (χ3n) is 1.31. The highest BCUT2D eigenvalue weighted by Gasteiger charge is 2.15. The molecule has 0 aromatic carbocycles. The Morgan fingerprint density at radius 1 is 1.62 bits per heavy atom. The summed E-state index contributed by atoms with van der Waals surface area (Å²) < 4.78 is 27.0. The van der Waals surface area contributed by atoms with Gasteiger partial charge in [-0.3, -0.25) is 0 Å². The van der Waals surface area contributed by atoms with Crippen molar-refractivity contribution >= 4 is 10.0 Å². The van der Waals surface area contributed by atoms with Crippen molar-refractivity contribution in [1.29, 1.82) is 0 Å². The van der Waals surface area contributed by atoms with E-state index in [2.05, 4.69) is 4.98 Å². The zero-order valence-corrected chi connectivity index (χ0v) is 7.91. The molecule has 2 N–H and O–H groups in total. The van der Waals surface area contributed by atoms with Gasteiger partial charge in [-0.05, 0) is 19.1 Å². The monoisotopic (exact) mass is 202 g/mol. The molecule has 1 aromatic rings. The van der Waals surface area contributed by atoms with Crippen LogP contribution < -0.4 is 9.88 Å². The quantitative estimate of drug-likeness (QED) is 0.755. The van der Waals surface area contributed by atoms with E-state index in [0.717, 1.165) is 0 Å². The Labute approximate surface area is 76.6 Å². The first-order valence-electron chi connectivity index (χ1n) is 3.66. The number of nitrogens with two attached hydrogens (primary N) is 1. The Bertz CT molecular complexity index is 388. The van der Waals surface area contributed by atoms with Gasteiger partial charge in [-0.2, -0.15) is 0 Å². The number of nitrogens with zero attached hydrogens (tertiary/aromatic N) is 1. The highest BCUT2D eigenvalue weighted by molar-refractivity contribution is 7.89. The Morgan fingerprint density at radius 3 is 2.85 bits per heavy atom. The minimum atomic E-state index is -3.79. The zero-order valence-electron chi connectivity index (χ0n) is 7.10. The molecule has 0 aliphatic heterocycles. The van der Waals surface area contributed by atoms with E-state index in [0.29, 0.717) is 6.61 Å². The first-order valence-corrected chi connectivity index (χ1v) is 5.21. The summed E-state index contributed by atoms with van der Waals surface area (Å²) in [7, 11) is -3.79. The fraction of sp³-hybridized carbons (Fsp3) is 0.286. The van der Waals surface area contributed by atoms with E-state index in [1.165, 1.54) is 12.3 Å². The summed E-state index contributed by atoms with van der Waals surface area (Å²) in [5.41, 5.74) is 0. The van der Waals surface area contributed by atoms with Crippen LogP contribution in [-0.2, 0) is 10.0 Å². The summed E-state index contributed by atoms with van der Waals surface area (Å²) in [5.74, 6) is 0.188. The van der Waals surface area contributed by atoms with E-state index in [1.54, 1.807) is 13.0 Å². The van der Waals surface area contributed by atoms with Crippen LogP contribution in [0.15, 0.2) is 23.4 Å². The lowest BCUT2D eigenvalue weighted by Crippen LogP contribution is -2.15. The second kappa shape index (κ2) is 3.71. The molecular formula is C7H10N2O3S. The lowest BCUT2D eigenvalue weighted by molar-refractivity contribution is 0.328. The molecule has 1 heterocycles. The van der Waals surface area contributed by atoms with Crippen molar-refractivity contribution in [2.75, 3.05) is 6.61 Å². The molecule has 5 nitrogen and oxygen atoms in total. The van der Waals surface area contributed by atoms with Gasteiger partial charge >= 0.3 is 0 Å². The normalized spacial score (nSPS) is 11.2. The van der Waals surface area contributed by atoms with E-state index in [9.17, 15) is 8.42 Å². The highest BCUT2D eigenvalue weighted by atomic mass is 32.2. The second-order valence-corrected chi connectivity index (χ2v) is 3.76. The summed E-state index contributed by atoms with van der Waals surface area (Å²) in [4.78, 5) is 3.63. The maximum atomic E-state index is 11.0. The topological polar surface area (TPSA) is 82.3 Å². The van der Waals surface area contributed by atoms with Gasteiger partial charge in [-0.25, -0.2) is 18.5 Å². The molecule has 0 atom stereocenters. The molecule has 0 fully saturated rings. The van der Waals surface area contributed by atoms with Crippen LogP contribution in [0.1, 0.15) is 6.92 Å². The van der Waals surface area contributed by atoms with Gasteiger partial charge in [0.05, 0.1) is 6.61 Å². The summed E-state index contributed by atoms with van der Waals surface area (Å²) >= 11 is 0. The van der Waals surface area contributed by atoms with Crippen molar-refractivity contribution in [2.24, 2.45) is 5.14 Å². The summed E-state index contributed by atoms with van der Waals surface area (Å²) in [6.07, 6.45) is 1.35. The van der Waals surface area contributed by atoms with Crippen molar-refractivity contribution in [3.8, 4) is 5.75 Å². The van der Waals surface area contributed by atoms with Gasteiger partial charge in [0.1, 0.15) is 0 Å². The van der Waals surface area contributed by atoms with E-state index >= 15 is 0 Å². The first-order chi connectivity index (χ1) is 6.05. The molecular weight excluding hydrogens is 192 g/mol. The highest BCUT2D eigenvalue weighted by Crippen LogP contribution is 2.18. The maximum Gasteiger partial charge on any atom is 0.259 e. The number of primary sulfonamides is 1. The number of hydrogen-bond donors (Lipinski definition) is 1. The fourth-order valence-corrected chi connectivity index (χ4v) is 1.47. The van der Waals surface area contributed by atoms with Gasteiger partial charge in [0, 0.05) is 6.20 Å². The van der Waals surface area contributed by atoms with Gasteiger partial charge < -0.3 is 4.74 Å². The Balaban J connectivity index is 3.20. The fourth-order valence-electron chi connectivity index (χ4n) is 0.855. The maximum absolute atomic E-state index is 11.0. The largest absolute Gasteiger partial charge is 0.491 e. The molecule has 0 aliphatic carbocycles. The predicted molar refractivity (Wildman–Crippen MR) is 46.8 cm³/mol. The van der Waals surface area contributed by atoms with Gasteiger partial charge in [-0.15, -0.1) is 0 Å². The Kier molecular flexibility index (Phi) is 2.84. The number of ether oxygens (including phenoxy) is 1. The Hall–Kier alpha value is -1.14. The molecule has 13 heavy (non-hydrogen) atoms. The van der Waals surface area contributed by atoms with Gasteiger partial charge in [0.15, 0.2) is 5.75 Å². The predicted octanol–water partition coefficient (Wildman–Crippen LogP) is 0.128. The van der Waals surface area contributed by atoms with Gasteiger partial charge in [0.25, 0.3) is 10.0 Å². The van der Waals surface area contributed by atoms with Crippen LogP contribution in [0.25, 0.3) is 0 Å². The van der Waals surface area contributed by atoms with Crippen molar-refractivity contribution in [1.82, 2.24) is 4.98 Å². The molecule has 6 heteroatoms.